The zero-order valence-electron chi connectivity index (χ0n) is 6.24. The van der Waals surface area contributed by atoms with Crippen molar-refractivity contribution in [1.82, 2.24) is 4.98 Å². The van der Waals surface area contributed by atoms with Gasteiger partial charge in [-0.1, -0.05) is 6.07 Å². The lowest BCUT2D eigenvalue weighted by Gasteiger charge is -2.06. The van der Waals surface area contributed by atoms with Gasteiger partial charge in [0, 0.05) is 13.3 Å². The summed E-state index contributed by atoms with van der Waals surface area (Å²) in [7, 11) is 1.68. The number of methoxy groups -OCH3 is 1. The molecule has 0 radical (unpaired) electrons. The molecule has 0 aliphatic carbocycles. The zero-order valence-corrected chi connectivity index (χ0v) is 6.24. The van der Waals surface area contributed by atoms with E-state index in [1.807, 2.05) is 25.1 Å². The second-order valence-corrected chi connectivity index (χ2v) is 2.13. The van der Waals surface area contributed by atoms with Gasteiger partial charge in [-0.25, -0.2) is 0 Å². The largest absolute Gasteiger partial charge is 0.375 e. The summed E-state index contributed by atoms with van der Waals surface area (Å²) in [5.74, 6) is 0. The number of rotatable bonds is 2. The maximum absolute atomic E-state index is 5.07. The Hall–Kier alpha value is -0.890. The van der Waals surface area contributed by atoms with E-state index in [-0.39, 0.29) is 6.10 Å². The molecule has 0 saturated carbocycles. The van der Waals surface area contributed by atoms with Crippen LogP contribution >= 0.6 is 0 Å². The molecule has 1 rings (SSSR count). The lowest BCUT2D eigenvalue weighted by Crippen LogP contribution is -1.97. The molecule has 10 heavy (non-hydrogen) atoms. The summed E-state index contributed by atoms with van der Waals surface area (Å²) >= 11 is 0. The minimum Gasteiger partial charge on any atom is -0.375 e. The molecule has 0 amide bonds. The highest BCUT2D eigenvalue weighted by atomic mass is 16.5. The van der Waals surface area contributed by atoms with Crippen molar-refractivity contribution < 1.29 is 4.74 Å². The van der Waals surface area contributed by atoms with Gasteiger partial charge in [0.05, 0.1) is 11.8 Å². The summed E-state index contributed by atoms with van der Waals surface area (Å²) in [6, 6.07) is 5.80. The first kappa shape index (κ1) is 7.22. The molecule has 1 aromatic heterocycles. The van der Waals surface area contributed by atoms with E-state index >= 15 is 0 Å². The number of pyridine rings is 1. The van der Waals surface area contributed by atoms with Crippen LogP contribution in [0.25, 0.3) is 0 Å². The zero-order chi connectivity index (χ0) is 7.40. The Balaban J connectivity index is 2.75. The SMILES string of the molecule is CO[C@@H](C)c1ccccn1. The van der Waals surface area contributed by atoms with Gasteiger partial charge in [0.15, 0.2) is 0 Å². The van der Waals surface area contributed by atoms with Crippen molar-refractivity contribution in [3.63, 3.8) is 0 Å². The van der Waals surface area contributed by atoms with E-state index in [9.17, 15) is 0 Å². The fourth-order valence-electron chi connectivity index (χ4n) is 0.737. The third kappa shape index (κ3) is 1.54. The van der Waals surface area contributed by atoms with Crippen molar-refractivity contribution in [2.75, 3.05) is 7.11 Å². The number of hydrogen-bond acceptors (Lipinski definition) is 2. The molecule has 1 heterocycles. The van der Waals surface area contributed by atoms with Crippen molar-refractivity contribution in [2.24, 2.45) is 0 Å². The van der Waals surface area contributed by atoms with Crippen molar-refractivity contribution in [1.29, 1.82) is 0 Å². The predicted molar refractivity (Wildman–Crippen MR) is 39.7 cm³/mol. The van der Waals surface area contributed by atoms with Gasteiger partial charge in [0.25, 0.3) is 0 Å². The topological polar surface area (TPSA) is 22.1 Å². The summed E-state index contributed by atoms with van der Waals surface area (Å²) in [6.45, 7) is 1.97. The predicted octanol–water partition coefficient (Wildman–Crippen LogP) is 1.79. The van der Waals surface area contributed by atoms with Crippen molar-refractivity contribution in [2.45, 2.75) is 13.0 Å². The van der Waals surface area contributed by atoms with E-state index in [1.54, 1.807) is 13.3 Å². The van der Waals surface area contributed by atoms with Crippen LogP contribution in [0.1, 0.15) is 18.7 Å². The average Bonchev–Trinajstić information content (AvgIpc) is 2.05. The fraction of sp³-hybridized carbons (Fsp3) is 0.375. The van der Waals surface area contributed by atoms with Gasteiger partial charge in [-0.15, -0.1) is 0 Å². The molecule has 0 fully saturated rings. The smallest absolute Gasteiger partial charge is 0.0962 e. The summed E-state index contributed by atoms with van der Waals surface area (Å²) < 4.78 is 5.07. The summed E-state index contributed by atoms with van der Waals surface area (Å²) in [6.07, 6.45) is 1.87. The number of aromatic nitrogens is 1. The van der Waals surface area contributed by atoms with Crippen LogP contribution in [0.3, 0.4) is 0 Å². The van der Waals surface area contributed by atoms with Crippen LogP contribution in [-0.2, 0) is 4.74 Å². The highest BCUT2D eigenvalue weighted by molar-refractivity contribution is 5.05. The minimum absolute atomic E-state index is 0.0983. The summed E-state index contributed by atoms with van der Waals surface area (Å²) in [4.78, 5) is 4.12. The van der Waals surface area contributed by atoms with Gasteiger partial charge in [-0.05, 0) is 19.1 Å². The molecule has 0 spiro atoms. The molecule has 0 aliphatic heterocycles. The minimum atomic E-state index is 0.0983. The van der Waals surface area contributed by atoms with E-state index < -0.39 is 0 Å². The van der Waals surface area contributed by atoms with Gasteiger partial charge in [0.2, 0.25) is 0 Å². The fourth-order valence-corrected chi connectivity index (χ4v) is 0.737. The first-order valence-corrected chi connectivity index (χ1v) is 3.28. The molecular weight excluding hydrogens is 126 g/mol. The number of ether oxygens (including phenoxy) is 1. The molecule has 0 saturated heterocycles. The molecule has 2 nitrogen and oxygen atoms in total. The number of nitrogens with zero attached hydrogens (tertiary/aromatic N) is 1. The Kier molecular flexibility index (Phi) is 2.40. The standard InChI is InChI=1S/C8H11NO/c1-7(10-2)8-5-3-4-6-9-8/h3-7H,1-2H3/t7-/m0/s1. The number of hydrogen-bond donors (Lipinski definition) is 0. The van der Waals surface area contributed by atoms with E-state index in [1.165, 1.54) is 0 Å². The first-order valence-electron chi connectivity index (χ1n) is 3.28. The molecule has 0 aromatic carbocycles. The Bertz CT molecular complexity index is 186. The first-order chi connectivity index (χ1) is 4.84. The second kappa shape index (κ2) is 3.32. The van der Waals surface area contributed by atoms with E-state index in [2.05, 4.69) is 4.98 Å². The van der Waals surface area contributed by atoms with Crippen LogP contribution in [0.4, 0.5) is 0 Å². The van der Waals surface area contributed by atoms with Crippen LogP contribution in [0, 0.1) is 0 Å². The third-order valence-electron chi connectivity index (χ3n) is 1.46. The highest BCUT2D eigenvalue weighted by Crippen LogP contribution is 2.10. The van der Waals surface area contributed by atoms with Gasteiger partial charge in [0.1, 0.15) is 0 Å². The van der Waals surface area contributed by atoms with Crippen LogP contribution in [0.5, 0.6) is 0 Å². The Labute approximate surface area is 60.9 Å². The van der Waals surface area contributed by atoms with Gasteiger partial charge in [-0.2, -0.15) is 0 Å². The maximum atomic E-state index is 5.07. The molecule has 0 bridgehead atoms. The van der Waals surface area contributed by atoms with E-state index in [0.29, 0.717) is 0 Å². The van der Waals surface area contributed by atoms with Gasteiger partial charge < -0.3 is 4.74 Å². The Morgan fingerprint density at radius 3 is 2.80 bits per heavy atom. The quantitative estimate of drug-likeness (QED) is 0.620. The van der Waals surface area contributed by atoms with Crippen molar-refractivity contribution >= 4 is 0 Å². The third-order valence-corrected chi connectivity index (χ3v) is 1.46. The summed E-state index contributed by atoms with van der Waals surface area (Å²) in [5, 5.41) is 0. The lowest BCUT2D eigenvalue weighted by molar-refractivity contribution is 0.116. The molecule has 1 atom stereocenters. The van der Waals surface area contributed by atoms with Crippen molar-refractivity contribution in [3.05, 3.63) is 30.1 Å². The second-order valence-electron chi connectivity index (χ2n) is 2.13. The molecule has 2 heteroatoms. The maximum Gasteiger partial charge on any atom is 0.0962 e. The molecule has 0 unspecified atom stereocenters. The molecule has 1 aromatic rings. The van der Waals surface area contributed by atoms with E-state index in [0.717, 1.165) is 5.69 Å². The van der Waals surface area contributed by atoms with Crippen molar-refractivity contribution in [3.8, 4) is 0 Å². The van der Waals surface area contributed by atoms with Crippen LogP contribution in [0.15, 0.2) is 24.4 Å². The van der Waals surface area contributed by atoms with Crippen LogP contribution < -0.4 is 0 Å². The Morgan fingerprint density at radius 2 is 2.30 bits per heavy atom. The molecule has 0 N–H and O–H groups in total. The molecular formula is C8H11NO. The monoisotopic (exact) mass is 137 g/mol. The summed E-state index contributed by atoms with van der Waals surface area (Å²) in [5.41, 5.74) is 0.977. The normalized spacial score (nSPS) is 13.0. The van der Waals surface area contributed by atoms with Gasteiger partial charge in [-0.3, -0.25) is 4.98 Å². The van der Waals surface area contributed by atoms with E-state index in [4.69, 9.17) is 4.74 Å². The molecule has 54 valence electrons. The lowest BCUT2D eigenvalue weighted by atomic mass is 10.2. The highest BCUT2D eigenvalue weighted by Gasteiger charge is 2.01. The molecule has 0 aliphatic rings. The van der Waals surface area contributed by atoms with Crippen LogP contribution in [0.2, 0.25) is 0 Å². The van der Waals surface area contributed by atoms with Gasteiger partial charge >= 0.3 is 0 Å². The van der Waals surface area contributed by atoms with Crippen LogP contribution in [-0.4, -0.2) is 12.1 Å². The Morgan fingerprint density at radius 1 is 1.50 bits per heavy atom. The average molecular weight is 137 g/mol.